The first-order chi connectivity index (χ1) is 8.57. The molecular formula is C11H13F2IN4. The first-order valence-electron chi connectivity index (χ1n) is 5.50. The number of alkyl halides is 2. The second-order valence-electron chi connectivity index (χ2n) is 4.14. The van der Waals surface area contributed by atoms with Crippen LogP contribution in [-0.4, -0.2) is 27.9 Å². The number of nitrogens with two attached hydrogens (primary N) is 1. The van der Waals surface area contributed by atoms with Crippen LogP contribution in [0.2, 0.25) is 0 Å². The minimum absolute atomic E-state index is 0.106. The van der Waals surface area contributed by atoms with Gasteiger partial charge in [-0.3, -0.25) is 0 Å². The first-order valence-corrected chi connectivity index (χ1v) is 6.58. The van der Waals surface area contributed by atoms with Gasteiger partial charge in [-0.2, -0.15) is 4.98 Å². The van der Waals surface area contributed by atoms with Gasteiger partial charge in [0, 0.05) is 6.20 Å². The smallest absolute Gasteiger partial charge is 0.223 e. The molecule has 2 heterocycles. The summed E-state index contributed by atoms with van der Waals surface area (Å²) >= 11 is 2.03. The van der Waals surface area contributed by atoms with Gasteiger partial charge in [0.1, 0.15) is 28.2 Å². The van der Waals surface area contributed by atoms with Gasteiger partial charge in [0.05, 0.1) is 5.39 Å². The van der Waals surface area contributed by atoms with E-state index in [1.807, 2.05) is 22.6 Å². The molecule has 2 aromatic heterocycles. The third kappa shape index (κ3) is 1.94. The molecule has 18 heavy (non-hydrogen) atoms. The highest BCUT2D eigenvalue weighted by atomic mass is 127. The average molecular weight is 366 g/mol. The van der Waals surface area contributed by atoms with Crippen molar-refractivity contribution in [2.24, 2.45) is 0 Å². The summed E-state index contributed by atoms with van der Waals surface area (Å²) in [7, 11) is 0. The van der Waals surface area contributed by atoms with Crippen LogP contribution < -0.4 is 5.73 Å². The van der Waals surface area contributed by atoms with Crippen LogP contribution in [0, 0.1) is 3.70 Å². The minimum atomic E-state index is -1.20. The Bertz CT molecular complexity index is 557. The molecule has 2 N–H and O–H groups in total. The van der Waals surface area contributed by atoms with E-state index in [0.717, 1.165) is 5.39 Å². The molecule has 2 rings (SSSR count). The quantitative estimate of drug-likeness (QED) is 0.669. The Hall–Kier alpha value is -0.990. The molecule has 0 aliphatic heterocycles. The number of nitrogen functional groups attached to an aromatic ring is 1. The number of nitrogens with zero attached hydrogens (tertiary/aromatic N) is 3. The fraction of sp³-hybridized carbons (Fsp3) is 0.455. The van der Waals surface area contributed by atoms with Crippen LogP contribution in [0.4, 0.5) is 14.7 Å². The fourth-order valence-corrected chi connectivity index (χ4v) is 2.57. The normalized spacial score (nSPS) is 12.2. The summed E-state index contributed by atoms with van der Waals surface area (Å²) in [6.07, 6.45) is 1.98. The van der Waals surface area contributed by atoms with Crippen molar-refractivity contribution < 1.29 is 8.78 Å². The standard InChI is InChI=1S/C11H13F2IN4/c1-2-11(5-12,6-13)18-4-3-7-8(14)16-10(15)17-9(7)18/h3-4H,2,5-6H2,1H3,(H2,15,16,17). The first kappa shape index (κ1) is 13.4. The number of rotatable bonds is 4. The van der Waals surface area contributed by atoms with Crippen molar-refractivity contribution in [1.82, 2.24) is 14.5 Å². The maximum absolute atomic E-state index is 13.3. The largest absolute Gasteiger partial charge is 0.368 e. The lowest BCUT2D eigenvalue weighted by Gasteiger charge is -2.29. The molecule has 0 saturated heterocycles. The molecule has 7 heteroatoms. The highest BCUT2D eigenvalue weighted by molar-refractivity contribution is 14.1. The minimum Gasteiger partial charge on any atom is -0.368 e. The molecule has 0 radical (unpaired) electrons. The summed E-state index contributed by atoms with van der Waals surface area (Å²) in [6, 6.07) is 1.76. The molecule has 0 bridgehead atoms. The van der Waals surface area contributed by atoms with E-state index in [4.69, 9.17) is 5.73 Å². The van der Waals surface area contributed by atoms with Crippen LogP contribution in [0.25, 0.3) is 11.0 Å². The second-order valence-corrected chi connectivity index (χ2v) is 5.16. The lowest BCUT2D eigenvalue weighted by atomic mass is 9.99. The molecule has 98 valence electrons. The van der Waals surface area contributed by atoms with Crippen LogP contribution in [0.15, 0.2) is 12.3 Å². The summed E-state index contributed by atoms with van der Waals surface area (Å²) in [4.78, 5) is 8.12. The Morgan fingerprint density at radius 2 is 2.06 bits per heavy atom. The highest BCUT2D eigenvalue weighted by Crippen LogP contribution is 2.29. The highest BCUT2D eigenvalue weighted by Gasteiger charge is 2.32. The zero-order chi connectivity index (χ0) is 13.3. The number of anilines is 1. The van der Waals surface area contributed by atoms with Gasteiger partial charge in [-0.1, -0.05) is 6.92 Å². The van der Waals surface area contributed by atoms with Gasteiger partial charge in [0.25, 0.3) is 0 Å². The SMILES string of the molecule is CCC(CF)(CF)n1ccc2c(I)nc(N)nc21. The fourth-order valence-electron chi connectivity index (χ4n) is 1.90. The molecule has 2 aromatic rings. The zero-order valence-corrected chi connectivity index (χ0v) is 12.0. The monoisotopic (exact) mass is 366 g/mol. The molecule has 0 aliphatic rings. The van der Waals surface area contributed by atoms with Gasteiger partial charge in [0.2, 0.25) is 5.95 Å². The van der Waals surface area contributed by atoms with E-state index in [9.17, 15) is 8.78 Å². The van der Waals surface area contributed by atoms with E-state index < -0.39 is 18.9 Å². The Balaban J connectivity index is 2.72. The van der Waals surface area contributed by atoms with Crippen LogP contribution >= 0.6 is 22.6 Å². The number of hydrogen-bond acceptors (Lipinski definition) is 3. The number of hydrogen-bond donors (Lipinski definition) is 1. The maximum atomic E-state index is 13.3. The second kappa shape index (κ2) is 4.94. The molecule has 0 spiro atoms. The van der Waals surface area contributed by atoms with Crippen molar-refractivity contribution in [2.45, 2.75) is 18.9 Å². The van der Waals surface area contributed by atoms with Gasteiger partial charge in [-0.05, 0) is 35.1 Å². The number of aromatic nitrogens is 3. The molecule has 0 aliphatic carbocycles. The van der Waals surface area contributed by atoms with Crippen LogP contribution in [0.1, 0.15) is 13.3 Å². The lowest BCUT2D eigenvalue weighted by molar-refractivity contribution is 0.157. The van der Waals surface area contributed by atoms with Crippen molar-refractivity contribution in [3.05, 3.63) is 16.0 Å². The van der Waals surface area contributed by atoms with E-state index in [1.165, 1.54) is 4.57 Å². The Morgan fingerprint density at radius 3 is 2.61 bits per heavy atom. The van der Waals surface area contributed by atoms with Crippen LogP contribution in [-0.2, 0) is 5.54 Å². The van der Waals surface area contributed by atoms with Gasteiger partial charge in [0.15, 0.2) is 0 Å². The van der Waals surface area contributed by atoms with Crippen LogP contribution in [0.3, 0.4) is 0 Å². The maximum Gasteiger partial charge on any atom is 0.223 e. The Morgan fingerprint density at radius 1 is 1.39 bits per heavy atom. The third-order valence-corrected chi connectivity index (χ3v) is 4.00. The van der Waals surface area contributed by atoms with Crippen molar-refractivity contribution in [3.8, 4) is 0 Å². The Kier molecular flexibility index (Phi) is 3.69. The molecule has 0 saturated carbocycles. The molecule has 0 fully saturated rings. The molecular weight excluding hydrogens is 353 g/mol. The molecule has 0 aromatic carbocycles. The van der Waals surface area contributed by atoms with Crippen LogP contribution in [0.5, 0.6) is 0 Å². The number of fused-ring (bicyclic) bond motifs is 1. The van der Waals surface area contributed by atoms with E-state index >= 15 is 0 Å². The van der Waals surface area contributed by atoms with Gasteiger partial charge in [-0.15, -0.1) is 0 Å². The average Bonchev–Trinajstić information content (AvgIpc) is 2.77. The van der Waals surface area contributed by atoms with E-state index in [0.29, 0.717) is 15.8 Å². The van der Waals surface area contributed by atoms with E-state index in [1.54, 1.807) is 19.2 Å². The van der Waals surface area contributed by atoms with Gasteiger partial charge in [-0.25, -0.2) is 13.8 Å². The zero-order valence-electron chi connectivity index (χ0n) is 9.83. The van der Waals surface area contributed by atoms with E-state index in [2.05, 4.69) is 9.97 Å². The molecule has 4 nitrogen and oxygen atoms in total. The summed E-state index contributed by atoms with van der Waals surface area (Å²) in [5, 5.41) is 0.754. The van der Waals surface area contributed by atoms with Gasteiger partial charge < -0.3 is 10.3 Å². The molecule has 0 atom stereocenters. The van der Waals surface area contributed by atoms with Gasteiger partial charge >= 0.3 is 0 Å². The van der Waals surface area contributed by atoms with Crippen molar-refractivity contribution in [2.75, 3.05) is 19.1 Å². The third-order valence-electron chi connectivity index (χ3n) is 3.18. The summed E-state index contributed by atoms with van der Waals surface area (Å²) < 4.78 is 28.7. The lowest BCUT2D eigenvalue weighted by Crippen LogP contribution is -2.37. The van der Waals surface area contributed by atoms with Crippen molar-refractivity contribution >= 4 is 39.6 Å². The summed E-state index contributed by atoms with van der Waals surface area (Å²) in [5.41, 5.74) is 4.87. The molecule has 0 unspecified atom stereocenters. The van der Waals surface area contributed by atoms with Crippen molar-refractivity contribution in [1.29, 1.82) is 0 Å². The molecule has 0 amide bonds. The predicted octanol–water partition coefficient (Wildman–Crippen LogP) is 2.66. The summed E-state index contributed by atoms with van der Waals surface area (Å²) in [5.74, 6) is 0.106. The summed E-state index contributed by atoms with van der Waals surface area (Å²) in [6.45, 7) is 0.176. The Labute approximate surface area is 117 Å². The van der Waals surface area contributed by atoms with Crippen molar-refractivity contribution in [3.63, 3.8) is 0 Å². The van der Waals surface area contributed by atoms with E-state index in [-0.39, 0.29) is 5.95 Å². The topological polar surface area (TPSA) is 56.7 Å². The number of halogens is 3. The predicted molar refractivity (Wildman–Crippen MR) is 74.9 cm³/mol.